The van der Waals surface area contributed by atoms with Crippen molar-refractivity contribution in [1.82, 2.24) is 9.88 Å². The first-order valence-electron chi connectivity index (χ1n) is 10.4. The maximum Gasteiger partial charge on any atom is 0.272 e. The summed E-state index contributed by atoms with van der Waals surface area (Å²) in [5.74, 6) is 0.202. The van der Waals surface area contributed by atoms with E-state index < -0.39 is 0 Å². The van der Waals surface area contributed by atoms with Gasteiger partial charge in [0, 0.05) is 44.0 Å². The number of carbonyl (C=O) groups excluding carboxylic acids is 1. The van der Waals surface area contributed by atoms with Gasteiger partial charge in [0.25, 0.3) is 5.91 Å². The Hall–Kier alpha value is -3.14. The van der Waals surface area contributed by atoms with Crippen LogP contribution in [0.1, 0.15) is 45.9 Å². The van der Waals surface area contributed by atoms with E-state index >= 15 is 0 Å². The van der Waals surface area contributed by atoms with E-state index in [1.54, 1.807) is 6.20 Å². The molecule has 0 aliphatic carbocycles. The Morgan fingerprint density at radius 3 is 2.52 bits per heavy atom. The Kier molecular flexibility index (Phi) is 4.76. The van der Waals surface area contributed by atoms with Crippen LogP contribution < -0.4 is 4.90 Å². The fourth-order valence-corrected chi connectivity index (χ4v) is 4.60. The SMILES string of the molecule is O=C(c1cc(N2CCCC2)ccn1)N1Cc2ccccc2C(c2ccccc2)C1. The zero-order valence-corrected chi connectivity index (χ0v) is 16.5. The Morgan fingerprint density at radius 1 is 0.931 bits per heavy atom. The number of rotatable bonds is 3. The molecule has 0 saturated carbocycles. The lowest BCUT2D eigenvalue weighted by molar-refractivity contribution is 0.0719. The largest absolute Gasteiger partial charge is 0.371 e. The number of carbonyl (C=O) groups is 1. The molecule has 29 heavy (non-hydrogen) atoms. The molecule has 0 N–H and O–H groups in total. The van der Waals surface area contributed by atoms with Crippen molar-refractivity contribution in [3.8, 4) is 0 Å². The molecule has 0 radical (unpaired) electrons. The van der Waals surface area contributed by atoms with Crippen LogP contribution in [0.15, 0.2) is 72.9 Å². The smallest absolute Gasteiger partial charge is 0.272 e. The second-order valence-corrected chi connectivity index (χ2v) is 7.94. The molecule has 146 valence electrons. The molecule has 2 aliphatic heterocycles. The number of aromatic nitrogens is 1. The van der Waals surface area contributed by atoms with Crippen molar-refractivity contribution in [1.29, 1.82) is 0 Å². The average Bonchev–Trinajstić information content (AvgIpc) is 3.34. The lowest BCUT2D eigenvalue weighted by atomic mass is 9.84. The van der Waals surface area contributed by atoms with E-state index in [0.717, 1.165) is 18.8 Å². The Morgan fingerprint density at radius 2 is 1.69 bits per heavy atom. The van der Waals surface area contributed by atoms with Crippen molar-refractivity contribution in [2.24, 2.45) is 0 Å². The van der Waals surface area contributed by atoms with Crippen molar-refractivity contribution in [3.63, 3.8) is 0 Å². The number of amides is 1. The number of anilines is 1. The molecule has 1 fully saturated rings. The molecular weight excluding hydrogens is 358 g/mol. The molecule has 1 aromatic heterocycles. The summed E-state index contributed by atoms with van der Waals surface area (Å²) in [6.07, 6.45) is 4.20. The molecule has 2 aliphatic rings. The highest BCUT2D eigenvalue weighted by atomic mass is 16.2. The minimum absolute atomic E-state index is 0.0153. The zero-order valence-electron chi connectivity index (χ0n) is 16.5. The van der Waals surface area contributed by atoms with Crippen LogP contribution in [0.3, 0.4) is 0 Å². The first-order valence-corrected chi connectivity index (χ1v) is 10.4. The summed E-state index contributed by atoms with van der Waals surface area (Å²) in [5.41, 5.74) is 5.44. The van der Waals surface area contributed by atoms with Crippen LogP contribution in [0.25, 0.3) is 0 Å². The van der Waals surface area contributed by atoms with Gasteiger partial charge in [0.1, 0.15) is 5.69 Å². The third-order valence-electron chi connectivity index (χ3n) is 6.12. The van der Waals surface area contributed by atoms with Crippen LogP contribution >= 0.6 is 0 Å². The van der Waals surface area contributed by atoms with Crippen molar-refractivity contribution < 1.29 is 4.79 Å². The van der Waals surface area contributed by atoms with Crippen molar-refractivity contribution >= 4 is 11.6 Å². The molecule has 1 amide bonds. The number of hydrogen-bond acceptors (Lipinski definition) is 3. The molecule has 0 spiro atoms. The molecule has 1 unspecified atom stereocenters. The molecule has 4 nitrogen and oxygen atoms in total. The summed E-state index contributed by atoms with van der Waals surface area (Å²) >= 11 is 0. The Balaban J connectivity index is 1.46. The summed E-state index contributed by atoms with van der Waals surface area (Å²) in [4.78, 5) is 22.1. The van der Waals surface area contributed by atoms with E-state index in [-0.39, 0.29) is 11.8 Å². The number of benzene rings is 2. The minimum atomic E-state index is 0.0153. The van der Waals surface area contributed by atoms with Gasteiger partial charge in [-0.1, -0.05) is 54.6 Å². The van der Waals surface area contributed by atoms with Gasteiger partial charge in [0.2, 0.25) is 0 Å². The highest BCUT2D eigenvalue weighted by Gasteiger charge is 2.30. The van der Waals surface area contributed by atoms with Crippen molar-refractivity contribution in [2.45, 2.75) is 25.3 Å². The molecule has 1 saturated heterocycles. The summed E-state index contributed by atoms with van der Waals surface area (Å²) in [7, 11) is 0. The highest BCUT2D eigenvalue weighted by molar-refractivity contribution is 5.93. The van der Waals surface area contributed by atoms with E-state index in [0.29, 0.717) is 18.8 Å². The van der Waals surface area contributed by atoms with Crippen LogP contribution in [0.5, 0.6) is 0 Å². The van der Waals surface area contributed by atoms with Gasteiger partial charge in [-0.2, -0.15) is 0 Å². The van der Waals surface area contributed by atoms with E-state index in [2.05, 4.69) is 58.4 Å². The molecule has 3 heterocycles. The van der Waals surface area contributed by atoms with Crippen LogP contribution in [-0.4, -0.2) is 35.4 Å². The van der Waals surface area contributed by atoms with Gasteiger partial charge >= 0.3 is 0 Å². The predicted molar refractivity (Wildman–Crippen MR) is 115 cm³/mol. The third kappa shape index (κ3) is 3.51. The number of fused-ring (bicyclic) bond motifs is 1. The summed E-state index contributed by atoms with van der Waals surface area (Å²) in [6.45, 7) is 3.43. The zero-order chi connectivity index (χ0) is 19.6. The van der Waals surface area contributed by atoms with E-state index in [4.69, 9.17) is 0 Å². The van der Waals surface area contributed by atoms with Crippen LogP contribution in [-0.2, 0) is 6.54 Å². The van der Waals surface area contributed by atoms with Gasteiger partial charge < -0.3 is 9.80 Å². The van der Waals surface area contributed by atoms with Gasteiger partial charge in [-0.15, -0.1) is 0 Å². The van der Waals surface area contributed by atoms with E-state index in [1.807, 2.05) is 23.1 Å². The predicted octanol–water partition coefficient (Wildman–Crippen LogP) is 4.47. The second-order valence-electron chi connectivity index (χ2n) is 7.94. The maximum atomic E-state index is 13.4. The molecular formula is C25H25N3O. The first-order chi connectivity index (χ1) is 14.3. The van der Waals surface area contributed by atoms with Crippen LogP contribution in [0.4, 0.5) is 5.69 Å². The molecule has 3 aromatic rings. The quantitative estimate of drug-likeness (QED) is 0.670. The van der Waals surface area contributed by atoms with Gasteiger partial charge in [-0.25, -0.2) is 0 Å². The lowest BCUT2D eigenvalue weighted by Crippen LogP contribution is -2.39. The number of pyridine rings is 1. The number of hydrogen-bond donors (Lipinski definition) is 0. The van der Waals surface area contributed by atoms with Gasteiger partial charge in [-0.05, 0) is 41.7 Å². The maximum absolute atomic E-state index is 13.4. The monoisotopic (exact) mass is 383 g/mol. The van der Waals surface area contributed by atoms with Gasteiger partial charge in [0.15, 0.2) is 0 Å². The fraction of sp³-hybridized carbons (Fsp3) is 0.280. The van der Waals surface area contributed by atoms with Crippen molar-refractivity contribution in [3.05, 3.63) is 95.3 Å². The summed E-state index contributed by atoms with van der Waals surface area (Å²) in [6, 6.07) is 22.9. The Labute approximate surface area is 171 Å². The van der Waals surface area contributed by atoms with Gasteiger partial charge in [0.05, 0.1) is 0 Å². The highest BCUT2D eigenvalue weighted by Crippen LogP contribution is 2.34. The second kappa shape index (κ2) is 7.70. The lowest BCUT2D eigenvalue weighted by Gasteiger charge is -2.35. The molecule has 5 rings (SSSR count). The standard InChI is InChI=1S/C25H25N3O/c29-25(24-16-21(12-13-26-24)27-14-6-7-15-27)28-17-20-10-4-5-11-22(20)23(18-28)19-8-2-1-3-9-19/h1-5,8-13,16,23H,6-7,14-15,17-18H2. The summed E-state index contributed by atoms with van der Waals surface area (Å²) < 4.78 is 0. The molecule has 4 heteroatoms. The Bertz CT molecular complexity index is 1010. The molecule has 0 bridgehead atoms. The van der Waals surface area contributed by atoms with Crippen LogP contribution in [0.2, 0.25) is 0 Å². The third-order valence-corrected chi connectivity index (χ3v) is 6.12. The van der Waals surface area contributed by atoms with Crippen LogP contribution in [0, 0.1) is 0 Å². The normalized spacial score (nSPS) is 18.6. The average molecular weight is 383 g/mol. The summed E-state index contributed by atoms with van der Waals surface area (Å²) in [5, 5.41) is 0. The first kappa shape index (κ1) is 17.9. The van der Waals surface area contributed by atoms with Gasteiger partial charge in [-0.3, -0.25) is 9.78 Å². The van der Waals surface area contributed by atoms with E-state index in [1.165, 1.54) is 29.5 Å². The molecule has 2 aromatic carbocycles. The fourth-order valence-electron chi connectivity index (χ4n) is 4.60. The molecule has 1 atom stereocenters. The number of nitrogens with zero attached hydrogens (tertiary/aromatic N) is 3. The van der Waals surface area contributed by atoms with E-state index in [9.17, 15) is 4.79 Å². The van der Waals surface area contributed by atoms with Crippen molar-refractivity contribution in [2.75, 3.05) is 24.5 Å². The minimum Gasteiger partial charge on any atom is -0.371 e. The topological polar surface area (TPSA) is 36.4 Å².